The summed E-state index contributed by atoms with van der Waals surface area (Å²) in [6.45, 7) is 7.10. The van der Waals surface area contributed by atoms with Gasteiger partial charge in [0.2, 0.25) is 0 Å². The first-order valence-electron chi connectivity index (χ1n) is 8.81. The number of aryl methyl sites for hydroxylation is 1. The molecule has 0 radical (unpaired) electrons. The van der Waals surface area contributed by atoms with Gasteiger partial charge in [0.05, 0.1) is 13.2 Å². The molecule has 2 aliphatic rings. The molecule has 0 bridgehead atoms. The van der Waals surface area contributed by atoms with E-state index in [1.165, 1.54) is 6.07 Å². The van der Waals surface area contributed by atoms with E-state index in [-0.39, 0.29) is 11.8 Å². The van der Waals surface area contributed by atoms with Gasteiger partial charge in [0.25, 0.3) is 0 Å². The Hall–Kier alpha value is -1.66. The van der Waals surface area contributed by atoms with Crippen LogP contribution < -0.4 is 0 Å². The van der Waals surface area contributed by atoms with Gasteiger partial charge in [-0.1, -0.05) is 12.1 Å². The zero-order valence-corrected chi connectivity index (χ0v) is 14.1. The maximum Gasteiger partial charge on any atom is 0.320 e. The predicted octanol–water partition coefficient (Wildman–Crippen LogP) is 1.83. The van der Waals surface area contributed by atoms with Gasteiger partial charge in [-0.3, -0.25) is 4.90 Å². The minimum Gasteiger partial charge on any atom is -0.378 e. The molecule has 2 saturated heterocycles. The third-order valence-electron chi connectivity index (χ3n) is 4.75. The summed E-state index contributed by atoms with van der Waals surface area (Å²) in [6, 6.07) is 6.98. The molecule has 132 valence electrons. The number of benzene rings is 1. The van der Waals surface area contributed by atoms with Crippen LogP contribution in [0.25, 0.3) is 0 Å². The van der Waals surface area contributed by atoms with Gasteiger partial charge >= 0.3 is 6.03 Å². The number of urea groups is 1. The largest absolute Gasteiger partial charge is 0.378 e. The fourth-order valence-electron chi connectivity index (χ4n) is 3.32. The van der Waals surface area contributed by atoms with Gasteiger partial charge in [0.1, 0.15) is 5.82 Å². The zero-order valence-electron chi connectivity index (χ0n) is 14.1. The summed E-state index contributed by atoms with van der Waals surface area (Å²) in [5.74, 6) is -0.164. The molecule has 2 fully saturated rings. The van der Waals surface area contributed by atoms with Crippen LogP contribution >= 0.6 is 0 Å². The number of nitrogens with zero attached hydrogens (tertiary/aromatic N) is 3. The Morgan fingerprint density at radius 2 is 1.75 bits per heavy atom. The fraction of sp³-hybridized carbons (Fsp3) is 0.611. The summed E-state index contributed by atoms with van der Waals surface area (Å²) in [5.41, 5.74) is 1.05. The average molecular weight is 335 g/mol. The van der Waals surface area contributed by atoms with Crippen molar-refractivity contribution in [2.45, 2.75) is 12.8 Å². The summed E-state index contributed by atoms with van der Waals surface area (Å²) >= 11 is 0. The second kappa shape index (κ2) is 8.44. The van der Waals surface area contributed by atoms with Crippen molar-refractivity contribution in [2.24, 2.45) is 0 Å². The van der Waals surface area contributed by atoms with Gasteiger partial charge in [0, 0.05) is 39.3 Å². The van der Waals surface area contributed by atoms with Crippen molar-refractivity contribution in [3.63, 3.8) is 0 Å². The molecule has 0 atom stereocenters. The third-order valence-corrected chi connectivity index (χ3v) is 4.75. The zero-order chi connectivity index (χ0) is 16.8. The maximum atomic E-state index is 13.2. The van der Waals surface area contributed by atoms with Gasteiger partial charge in [-0.25, -0.2) is 9.18 Å². The molecule has 6 heteroatoms. The van der Waals surface area contributed by atoms with Crippen LogP contribution in [0.4, 0.5) is 9.18 Å². The van der Waals surface area contributed by atoms with Gasteiger partial charge < -0.3 is 14.5 Å². The molecule has 0 spiro atoms. The molecule has 2 amide bonds. The Balaban J connectivity index is 1.36. The Morgan fingerprint density at radius 1 is 1.04 bits per heavy atom. The van der Waals surface area contributed by atoms with E-state index in [4.69, 9.17) is 4.74 Å². The summed E-state index contributed by atoms with van der Waals surface area (Å²) in [6.07, 6.45) is 1.91. The lowest BCUT2D eigenvalue weighted by atomic mass is 10.1. The number of morpholine rings is 1. The second-order valence-corrected chi connectivity index (χ2v) is 6.44. The number of carbonyl (C=O) groups excluding carboxylic acids is 1. The number of hydrogen-bond donors (Lipinski definition) is 0. The van der Waals surface area contributed by atoms with Gasteiger partial charge in [-0.05, 0) is 37.1 Å². The minimum absolute atomic E-state index is 0.151. The van der Waals surface area contributed by atoms with E-state index in [1.54, 1.807) is 12.1 Å². The molecule has 2 aliphatic heterocycles. The highest BCUT2D eigenvalue weighted by atomic mass is 19.1. The lowest BCUT2D eigenvalue weighted by Crippen LogP contribution is -2.54. The highest BCUT2D eigenvalue weighted by molar-refractivity contribution is 5.74. The molecule has 1 aromatic carbocycles. The summed E-state index contributed by atoms with van der Waals surface area (Å²) in [5, 5.41) is 0. The average Bonchev–Trinajstić information content (AvgIpc) is 2.63. The van der Waals surface area contributed by atoms with E-state index in [0.717, 1.165) is 51.1 Å². The molecular weight excluding hydrogens is 309 g/mol. The number of piperazine rings is 1. The first-order valence-corrected chi connectivity index (χ1v) is 8.81. The number of carbonyl (C=O) groups is 1. The molecule has 5 nitrogen and oxygen atoms in total. The number of ether oxygens (including phenoxy) is 1. The first kappa shape index (κ1) is 17.2. The van der Waals surface area contributed by atoms with Crippen LogP contribution in [0.3, 0.4) is 0 Å². The van der Waals surface area contributed by atoms with Gasteiger partial charge in [-0.2, -0.15) is 0 Å². The standard InChI is InChI=1S/C18H26FN3O2/c19-17-5-1-3-16(15-17)4-2-6-20-7-9-21(10-8-20)18(23)22-11-13-24-14-12-22/h1,3,5,15H,2,4,6-14H2. The molecule has 0 unspecified atom stereocenters. The normalized spacial score (nSPS) is 19.5. The number of halogens is 1. The monoisotopic (exact) mass is 335 g/mol. The smallest absolute Gasteiger partial charge is 0.320 e. The fourth-order valence-corrected chi connectivity index (χ4v) is 3.32. The predicted molar refractivity (Wildman–Crippen MR) is 90.5 cm³/mol. The van der Waals surface area contributed by atoms with Crippen LogP contribution in [-0.2, 0) is 11.2 Å². The van der Waals surface area contributed by atoms with E-state index in [1.807, 2.05) is 15.9 Å². The van der Waals surface area contributed by atoms with Crippen LogP contribution in [0.1, 0.15) is 12.0 Å². The van der Waals surface area contributed by atoms with Gasteiger partial charge in [0.15, 0.2) is 0 Å². The van der Waals surface area contributed by atoms with Crippen LogP contribution in [-0.4, -0.2) is 79.8 Å². The highest BCUT2D eigenvalue weighted by Gasteiger charge is 2.26. The minimum atomic E-state index is -0.164. The van der Waals surface area contributed by atoms with Crippen molar-refractivity contribution in [1.82, 2.24) is 14.7 Å². The van der Waals surface area contributed by atoms with Crippen LogP contribution in [0.15, 0.2) is 24.3 Å². The van der Waals surface area contributed by atoms with E-state index in [0.29, 0.717) is 26.3 Å². The van der Waals surface area contributed by atoms with Crippen molar-refractivity contribution in [3.05, 3.63) is 35.6 Å². The molecule has 1 aromatic rings. The number of rotatable bonds is 4. The quantitative estimate of drug-likeness (QED) is 0.842. The lowest BCUT2D eigenvalue weighted by Gasteiger charge is -2.38. The van der Waals surface area contributed by atoms with Crippen LogP contribution in [0.2, 0.25) is 0 Å². The summed E-state index contributed by atoms with van der Waals surface area (Å²) in [7, 11) is 0. The van der Waals surface area contributed by atoms with Crippen molar-refractivity contribution < 1.29 is 13.9 Å². The molecule has 2 heterocycles. The Bertz CT molecular complexity index is 541. The molecule has 0 N–H and O–H groups in total. The second-order valence-electron chi connectivity index (χ2n) is 6.44. The van der Waals surface area contributed by atoms with Crippen molar-refractivity contribution >= 4 is 6.03 Å². The molecule has 0 saturated carbocycles. The summed E-state index contributed by atoms with van der Waals surface area (Å²) < 4.78 is 18.5. The topological polar surface area (TPSA) is 36.0 Å². The van der Waals surface area contributed by atoms with Gasteiger partial charge in [-0.15, -0.1) is 0 Å². The highest BCUT2D eigenvalue weighted by Crippen LogP contribution is 2.10. The van der Waals surface area contributed by atoms with E-state index in [2.05, 4.69) is 4.90 Å². The first-order chi connectivity index (χ1) is 11.7. The SMILES string of the molecule is O=C(N1CCOCC1)N1CCN(CCCc2cccc(F)c2)CC1. The van der Waals surface area contributed by atoms with E-state index in [9.17, 15) is 9.18 Å². The lowest BCUT2D eigenvalue weighted by molar-refractivity contribution is 0.0376. The van der Waals surface area contributed by atoms with Crippen molar-refractivity contribution in [2.75, 3.05) is 59.0 Å². The molecule has 24 heavy (non-hydrogen) atoms. The number of amides is 2. The van der Waals surface area contributed by atoms with Crippen LogP contribution in [0, 0.1) is 5.82 Å². The molecular formula is C18H26FN3O2. The molecule has 3 rings (SSSR count). The van der Waals surface area contributed by atoms with E-state index < -0.39 is 0 Å². The Labute approximate surface area is 143 Å². The van der Waals surface area contributed by atoms with Crippen molar-refractivity contribution in [1.29, 1.82) is 0 Å². The van der Waals surface area contributed by atoms with E-state index >= 15 is 0 Å². The van der Waals surface area contributed by atoms with Crippen LogP contribution in [0.5, 0.6) is 0 Å². The molecule has 0 aliphatic carbocycles. The number of hydrogen-bond acceptors (Lipinski definition) is 3. The summed E-state index contributed by atoms with van der Waals surface area (Å²) in [4.78, 5) is 18.7. The maximum absolute atomic E-state index is 13.2. The Kier molecular flexibility index (Phi) is 6.04. The van der Waals surface area contributed by atoms with Crippen molar-refractivity contribution in [3.8, 4) is 0 Å². The third kappa shape index (κ3) is 4.68. The molecule has 0 aromatic heterocycles. The Morgan fingerprint density at radius 3 is 2.46 bits per heavy atom.